The van der Waals surface area contributed by atoms with Gasteiger partial charge in [0.1, 0.15) is 0 Å². The van der Waals surface area contributed by atoms with Gasteiger partial charge in [-0.3, -0.25) is 9.59 Å². The van der Waals surface area contributed by atoms with Crippen LogP contribution in [0.5, 0.6) is 0 Å². The van der Waals surface area contributed by atoms with Gasteiger partial charge in [0.25, 0.3) is 0 Å². The summed E-state index contributed by atoms with van der Waals surface area (Å²) < 4.78 is 0. The topological polar surface area (TPSA) is 59.1 Å². The molecule has 1 heterocycles. The molecule has 4 nitrogen and oxygen atoms in total. The Bertz CT molecular complexity index is 563. The molecule has 1 aromatic heterocycles. The average molecular weight is 322 g/mol. The standard InChI is InChI=1S/C17H26N2O2S/c1-5-7-8-11(6-2)15(21)19-16-18-12-9-17(3,4)10-13(20)14(12)22-16/h11H,5-10H2,1-4H3,(H,18,19,21). The molecule has 0 bridgehead atoms. The number of nitrogens with zero attached hydrogens (tertiary/aromatic N) is 1. The molecule has 0 radical (unpaired) electrons. The number of carbonyl (C=O) groups excluding carboxylic acids is 2. The molecule has 0 saturated carbocycles. The van der Waals surface area contributed by atoms with Gasteiger partial charge in [-0.2, -0.15) is 0 Å². The summed E-state index contributed by atoms with van der Waals surface area (Å²) in [6.07, 6.45) is 5.27. The van der Waals surface area contributed by atoms with E-state index in [1.54, 1.807) is 0 Å². The summed E-state index contributed by atoms with van der Waals surface area (Å²) in [4.78, 5) is 29.8. The Morgan fingerprint density at radius 1 is 1.36 bits per heavy atom. The second kappa shape index (κ2) is 6.90. The van der Waals surface area contributed by atoms with E-state index in [0.717, 1.165) is 42.7 Å². The first-order valence-electron chi connectivity index (χ1n) is 8.20. The molecule has 0 aliphatic heterocycles. The second-order valence-corrected chi connectivity index (χ2v) is 7.97. The number of rotatable bonds is 6. The number of fused-ring (bicyclic) bond motifs is 1. The van der Waals surface area contributed by atoms with Crippen LogP contribution >= 0.6 is 11.3 Å². The highest BCUT2D eigenvalue weighted by molar-refractivity contribution is 7.17. The van der Waals surface area contributed by atoms with Crippen molar-refractivity contribution >= 4 is 28.2 Å². The molecule has 1 unspecified atom stereocenters. The minimum atomic E-state index is -0.0352. The van der Waals surface area contributed by atoms with Crippen molar-refractivity contribution in [2.24, 2.45) is 11.3 Å². The fourth-order valence-electron chi connectivity index (χ4n) is 2.95. The van der Waals surface area contributed by atoms with Crippen LogP contribution in [0.2, 0.25) is 0 Å². The van der Waals surface area contributed by atoms with Gasteiger partial charge in [-0.05, 0) is 24.7 Å². The minimum Gasteiger partial charge on any atom is -0.302 e. The largest absolute Gasteiger partial charge is 0.302 e. The normalized spacial score (nSPS) is 17.9. The Balaban J connectivity index is 2.09. The molecule has 5 heteroatoms. The summed E-state index contributed by atoms with van der Waals surface area (Å²) in [6, 6.07) is 0. The zero-order chi connectivity index (χ0) is 16.3. The second-order valence-electron chi connectivity index (χ2n) is 6.97. The van der Waals surface area contributed by atoms with Crippen molar-refractivity contribution in [2.75, 3.05) is 5.32 Å². The zero-order valence-electron chi connectivity index (χ0n) is 14.0. The number of ketones is 1. The molecule has 22 heavy (non-hydrogen) atoms. The first-order chi connectivity index (χ1) is 10.4. The summed E-state index contributed by atoms with van der Waals surface area (Å²) >= 11 is 1.33. The SMILES string of the molecule is CCCCC(CC)C(=O)Nc1nc2c(s1)C(=O)CC(C)(C)C2. The lowest BCUT2D eigenvalue weighted by atomic mass is 9.78. The van der Waals surface area contributed by atoms with E-state index in [9.17, 15) is 9.59 Å². The van der Waals surface area contributed by atoms with Gasteiger partial charge >= 0.3 is 0 Å². The Kier molecular flexibility index (Phi) is 5.37. The predicted molar refractivity (Wildman–Crippen MR) is 90.5 cm³/mol. The van der Waals surface area contributed by atoms with Gasteiger partial charge in [0, 0.05) is 12.3 Å². The van der Waals surface area contributed by atoms with Crippen molar-refractivity contribution in [3.05, 3.63) is 10.6 Å². The van der Waals surface area contributed by atoms with Crippen LogP contribution in [0.3, 0.4) is 0 Å². The number of unbranched alkanes of at least 4 members (excludes halogenated alkanes) is 1. The smallest absolute Gasteiger partial charge is 0.229 e. The molecule has 1 aliphatic rings. The van der Waals surface area contributed by atoms with Crippen LogP contribution < -0.4 is 5.32 Å². The molecule has 0 saturated heterocycles. The van der Waals surface area contributed by atoms with Crippen molar-refractivity contribution in [1.29, 1.82) is 0 Å². The first kappa shape index (κ1) is 17.1. The van der Waals surface area contributed by atoms with E-state index < -0.39 is 0 Å². The Morgan fingerprint density at radius 2 is 2.09 bits per heavy atom. The highest BCUT2D eigenvalue weighted by Gasteiger charge is 2.34. The highest BCUT2D eigenvalue weighted by Crippen LogP contribution is 2.38. The lowest BCUT2D eigenvalue weighted by molar-refractivity contribution is -0.120. The number of anilines is 1. The number of hydrogen-bond donors (Lipinski definition) is 1. The maximum absolute atomic E-state index is 12.3. The Labute approximate surface area is 136 Å². The summed E-state index contributed by atoms with van der Waals surface area (Å²) in [6.45, 7) is 8.35. The lowest BCUT2D eigenvalue weighted by Crippen LogP contribution is -2.26. The van der Waals surface area contributed by atoms with Gasteiger partial charge < -0.3 is 5.32 Å². The summed E-state index contributed by atoms with van der Waals surface area (Å²) in [5.74, 6) is 0.226. The third-order valence-corrected chi connectivity index (χ3v) is 5.29. The molecular weight excluding hydrogens is 296 g/mol. The molecule has 0 fully saturated rings. The van der Waals surface area contributed by atoms with Crippen LogP contribution in [-0.4, -0.2) is 16.7 Å². The maximum Gasteiger partial charge on any atom is 0.229 e. The van der Waals surface area contributed by atoms with E-state index in [-0.39, 0.29) is 23.0 Å². The van der Waals surface area contributed by atoms with E-state index in [0.29, 0.717) is 11.6 Å². The Hall–Kier alpha value is -1.23. The molecule has 2 rings (SSSR count). The van der Waals surface area contributed by atoms with E-state index in [1.165, 1.54) is 11.3 Å². The third-order valence-electron chi connectivity index (χ3n) is 4.24. The highest BCUT2D eigenvalue weighted by atomic mass is 32.1. The quantitative estimate of drug-likeness (QED) is 0.841. The van der Waals surface area contributed by atoms with Crippen molar-refractivity contribution < 1.29 is 9.59 Å². The number of aromatic nitrogens is 1. The van der Waals surface area contributed by atoms with Gasteiger partial charge in [0.05, 0.1) is 10.6 Å². The number of carbonyl (C=O) groups is 2. The summed E-state index contributed by atoms with van der Waals surface area (Å²) in [7, 11) is 0. The molecule has 1 aromatic rings. The molecule has 0 aromatic carbocycles. The van der Waals surface area contributed by atoms with Gasteiger partial charge in [0.15, 0.2) is 10.9 Å². The first-order valence-corrected chi connectivity index (χ1v) is 9.01. The van der Waals surface area contributed by atoms with Crippen LogP contribution in [0.15, 0.2) is 0 Å². The van der Waals surface area contributed by atoms with Crippen LogP contribution in [0, 0.1) is 11.3 Å². The molecule has 1 N–H and O–H groups in total. The van der Waals surface area contributed by atoms with Crippen molar-refractivity contribution in [3.8, 4) is 0 Å². The Morgan fingerprint density at radius 3 is 2.73 bits per heavy atom. The van der Waals surface area contributed by atoms with Crippen LogP contribution in [-0.2, 0) is 11.2 Å². The van der Waals surface area contributed by atoms with Crippen molar-refractivity contribution in [2.45, 2.75) is 66.2 Å². The van der Waals surface area contributed by atoms with E-state index in [4.69, 9.17) is 0 Å². The molecule has 0 spiro atoms. The monoisotopic (exact) mass is 322 g/mol. The van der Waals surface area contributed by atoms with E-state index in [2.05, 4.69) is 31.1 Å². The number of hydrogen-bond acceptors (Lipinski definition) is 4. The van der Waals surface area contributed by atoms with Crippen molar-refractivity contribution in [3.63, 3.8) is 0 Å². The maximum atomic E-state index is 12.3. The minimum absolute atomic E-state index is 0.0352. The molecule has 122 valence electrons. The lowest BCUT2D eigenvalue weighted by Gasteiger charge is -2.26. The van der Waals surface area contributed by atoms with Gasteiger partial charge in [-0.15, -0.1) is 0 Å². The van der Waals surface area contributed by atoms with Gasteiger partial charge in [0.2, 0.25) is 5.91 Å². The summed E-state index contributed by atoms with van der Waals surface area (Å²) in [5.41, 5.74) is 0.815. The van der Waals surface area contributed by atoms with Crippen molar-refractivity contribution in [1.82, 2.24) is 4.98 Å². The third kappa shape index (κ3) is 3.94. The number of thiazole rings is 1. The zero-order valence-corrected chi connectivity index (χ0v) is 14.8. The van der Waals surface area contributed by atoms with Crippen LogP contribution in [0.4, 0.5) is 5.13 Å². The van der Waals surface area contributed by atoms with Gasteiger partial charge in [-0.25, -0.2) is 4.98 Å². The molecule has 1 amide bonds. The molecule has 1 atom stereocenters. The fourth-order valence-corrected chi connectivity index (χ4v) is 3.87. The fraction of sp³-hybridized carbons (Fsp3) is 0.706. The molecular formula is C17H26N2O2S. The van der Waals surface area contributed by atoms with E-state index >= 15 is 0 Å². The molecule has 1 aliphatic carbocycles. The van der Waals surface area contributed by atoms with Crippen LogP contribution in [0.1, 0.15) is 75.2 Å². The summed E-state index contributed by atoms with van der Waals surface area (Å²) in [5, 5.41) is 3.50. The van der Waals surface area contributed by atoms with Crippen LogP contribution in [0.25, 0.3) is 0 Å². The number of Topliss-reactive ketones (excluding diaryl/α,β-unsaturated/α-hetero) is 1. The average Bonchev–Trinajstić information content (AvgIpc) is 2.80. The predicted octanol–water partition coefficient (Wildman–Crippen LogP) is 4.45. The number of nitrogens with one attached hydrogen (secondary N) is 1. The van der Waals surface area contributed by atoms with Gasteiger partial charge in [-0.1, -0.05) is 51.9 Å². The van der Waals surface area contributed by atoms with E-state index in [1.807, 2.05) is 6.92 Å². The number of amides is 1.